The first-order valence-electron chi connectivity index (χ1n) is 11.1. The number of rotatable bonds is 6. The predicted molar refractivity (Wildman–Crippen MR) is 131 cm³/mol. The van der Waals surface area contributed by atoms with Gasteiger partial charge < -0.3 is 9.88 Å². The molecule has 1 saturated carbocycles. The number of nitrogens with one attached hydrogen (secondary N) is 1. The van der Waals surface area contributed by atoms with Crippen LogP contribution < -0.4 is 10.7 Å². The van der Waals surface area contributed by atoms with Gasteiger partial charge in [-0.1, -0.05) is 31.2 Å². The quantitative estimate of drug-likeness (QED) is 0.460. The van der Waals surface area contributed by atoms with Crippen molar-refractivity contribution in [2.45, 2.75) is 30.7 Å². The molecule has 34 heavy (non-hydrogen) atoms. The Morgan fingerprint density at radius 1 is 1.06 bits per heavy atom. The van der Waals surface area contributed by atoms with Gasteiger partial charge in [0, 0.05) is 24.1 Å². The SMILES string of the molecule is CCS(=O)(=O)c1ccc(-c2cccc(-n3cc(C(=O)NC4CC4)c(=O)c4cccnc43)c2)cc1. The van der Waals surface area contributed by atoms with E-state index < -0.39 is 9.84 Å². The maximum Gasteiger partial charge on any atom is 0.257 e. The van der Waals surface area contributed by atoms with E-state index >= 15 is 0 Å². The predicted octanol–water partition coefficient (Wildman–Crippen LogP) is 3.74. The van der Waals surface area contributed by atoms with Crippen LogP contribution in [0.2, 0.25) is 0 Å². The van der Waals surface area contributed by atoms with Gasteiger partial charge in [-0.3, -0.25) is 9.59 Å². The molecule has 2 aromatic heterocycles. The Bertz CT molecular complexity index is 1570. The Morgan fingerprint density at radius 3 is 2.53 bits per heavy atom. The van der Waals surface area contributed by atoms with E-state index in [1.54, 1.807) is 60.3 Å². The second kappa shape index (κ2) is 8.53. The molecule has 7 nitrogen and oxygen atoms in total. The van der Waals surface area contributed by atoms with Gasteiger partial charge >= 0.3 is 0 Å². The number of hydrogen-bond acceptors (Lipinski definition) is 5. The number of sulfone groups is 1. The molecular formula is C26H23N3O4S. The molecule has 0 saturated heterocycles. The molecule has 2 aromatic carbocycles. The van der Waals surface area contributed by atoms with Crippen molar-refractivity contribution in [3.63, 3.8) is 0 Å². The smallest absolute Gasteiger partial charge is 0.257 e. The molecule has 0 unspecified atom stereocenters. The summed E-state index contributed by atoms with van der Waals surface area (Å²) < 4.78 is 26.0. The lowest BCUT2D eigenvalue weighted by molar-refractivity contribution is 0.0949. The summed E-state index contributed by atoms with van der Waals surface area (Å²) in [5.74, 6) is -0.332. The Kier molecular flexibility index (Phi) is 5.53. The van der Waals surface area contributed by atoms with Crippen LogP contribution in [-0.2, 0) is 9.84 Å². The standard InChI is InChI=1S/C26H23N3O4S/c1-2-34(32,33)21-12-8-17(9-13-21)18-5-3-6-20(15-18)29-16-23(26(31)28-19-10-11-19)24(30)22-7-4-14-27-25(22)29/h3-9,12-16,19H,2,10-11H2,1H3,(H,28,31). The van der Waals surface area contributed by atoms with Crippen LogP contribution in [0.25, 0.3) is 27.8 Å². The van der Waals surface area contributed by atoms with E-state index in [1.807, 2.05) is 24.3 Å². The summed E-state index contributed by atoms with van der Waals surface area (Å²) in [5, 5.41) is 3.26. The molecule has 1 aliphatic rings. The molecule has 8 heteroatoms. The van der Waals surface area contributed by atoms with Crippen LogP contribution in [0.15, 0.2) is 82.7 Å². The second-order valence-electron chi connectivity index (χ2n) is 8.34. The van der Waals surface area contributed by atoms with E-state index in [2.05, 4.69) is 10.3 Å². The van der Waals surface area contributed by atoms with Crippen LogP contribution in [0.3, 0.4) is 0 Å². The van der Waals surface area contributed by atoms with Crippen LogP contribution in [0.5, 0.6) is 0 Å². The molecule has 172 valence electrons. The Hall–Kier alpha value is -3.78. The highest BCUT2D eigenvalue weighted by molar-refractivity contribution is 7.91. The number of aromatic nitrogens is 2. The van der Waals surface area contributed by atoms with Gasteiger partial charge in [-0.15, -0.1) is 0 Å². The summed E-state index contributed by atoms with van der Waals surface area (Å²) in [6.45, 7) is 1.62. The summed E-state index contributed by atoms with van der Waals surface area (Å²) in [6, 6.07) is 17.8. The van der Waals surface area contributed by atoms with Crippen molar-refractivity contribution in [1.29, 1.82) is 0 Å². The average molecular weight is 474 g/mol. The van der Waals surface area contributed by atoms with E-state index in [1.165, 1.54) is 0 Å². The minimum absolute atomic E-state index is 0.0465. The van der Waals surface area contributed by atoms with Crippen molar-refractivity contribution >= 4 is 26.8 Å². The zero-order valence-corrected chi connectivity index (χ0v) is 19.4. The number of carbonyl (C=O) groups is 1. The highest BCUT2D eigenvalue weighted by atomic mass is 32.2. The molecule has 0 radical (unpaired) electrons. The first-order valence-corrected chi connectivity index (χ1v) is 12.8. The van der Waals surface area contributed by atoms with Crippen molar-refractivity contribution < 1.29 is 13.2 Å². The van der Waals surface area contributed by atoms with E-state index in [0.29, 0.717) is 11.0 Å². The van der Waals surface area contributed by atoms with Crippen molar-refractivity contribution in [3.05, 3.63) is 88.8 Å². The Morgan fingerprint density at radius 2 is 1.82 bits per heavy atom. The monoisotopic (exact) mass is 473 g/mol. The Balaban J connectivity index is 1.61. The third-order valence-electron chi connectivity index (χ3n) is 5.97. The van der Waals surface area contributed by atoms with Gasteiger partial charge in [0.2, 0.25) is 5.43 Å². The summed E-state index contributed by atoms with van der Waals surface area (Å²) in [5.41, 5.74) is 2.63. The number of carbonyl (C=O) groups excluding carboxylic acids is 1. The van der Waals surface area contributed by atoms with Gasteiger partial charge in [0.15, 0.2) is 9.84 Å². The van der Waals surface area contributed by atoms with E-state index in [4.69, 9.17) is 0 Å². The van der Waals surface area contributed by atoms with Gasteiger partial charge in [0.25, 0.3) is 5.91 Å². The van der Waals surface area contributed by atoms with Crippen molar-refractivity contribution in [3.8, 4) is 16.8 Å². The van der Waals surface area contributed by atoms with E-state index in [9.17, 15) is 18.0 Å². The van der Waals surface area contributed by atoms with E-state index in [0.717, 1.165) is 29.7 Å². The van der Waals surface area contributed by atoms with Crippen LogP contribution in [0, 0.1) is 0 Å². The number of hydrogen-bond donors (Lipinski definition) is 1. The van der Waals surface area contributed by atoms with Gasteiger partial charge in [-0.25, -0.2) is 13.4 Å². The van der Waals surface area contributed by atoms with E-state index in [-0.39, 0.29) is 33.6 Å². The van der Waals surface area contributed by atoms with Crippen LogP contribution in [0.4, 0.5) is 0 Å². The number of nitrogens with zero attached hydrogens (tertiary/aromatic N) is 2. The summed E-state index contributed by atoms with van der Waals surface area (Å²) in [4.78, 5) is 30.5. The fourth-order valence-electron chi connectivity index (χ4n) is 3.87. The topological polar surface area (TPSA) is 98.1 Å². The van der Waals surface area contributed by atoms with Crippen LogP contribution in [-0.4, -0.2) is 35.7 Å². The van der Waals surface area contributed by atoms with Crippen molar-refractivity contribution in [2.75, 3.05) is 5.75 Å². The maximum absolute atomic E-state index is 13.0. The third-order valence-corrected chi connectivity index (χ3v) is 7.72. The third kappa shape index (κ3) is 4.12. The molecule has 0 bridgehead atoms. The average Bonchev–Trinajstić information content (AvgIpc) is 3.68. The molecule has 1 amide bonds. The molecular weight excluding hydrogens is 450 g/mol. The maximum atomic E-state index is 13.0. The second-order valence-corrected chi connectivity index (χ2v) is 10.6. The number of fused-ring (bicyclic) bond motifs is 1. The molecule has 0 aliphatic heterocycles. The largest absolute Gasteiger partial charge is 0.349 e. The highest BCUT2D eigenvalue weighted by Gasteiger charge is 2.26. The van der Waals surface area contributed by atoms with Crippen LogP contribution in [0.1, 0.15) is 30.1 Å². The fourth-order valence-corrected chi connectivity index (χ4v) is 4.75. The minimum Gasteiger partial charge on any atom is -0.349 e. The molecule has 1 fully saturated rings. The summed E-state index contributed by atoms with van der Waals surface area (Å²) in [6.07, 6.45) is 5.01. The van der Waals surface area contributed by atoms with Crippen molar-refractivity contribution in [1.82, 2.24) is 14.9 Å². The molecule has 4 aromatic rings. The van der Waals surface area contributed by atoms with Gasteiger partial charge in [0.05, 0.1) is 16.0 Å². The highest BCUT2D eigenvalue weighted by Crippen LogP contribution is 2.26. The molecule has 1 aliphatic carbocycles. The first-order chi connectivity index (χ1) is 16.4. The number of benzene rings is 2. The lowest BCUT2D eigenvalue weighted by Gasteiger charge is -2.14. The normalized spacial score (nSPS) is 13.7. The van der Waals surface area contributed by atoms with Crippen LogP contribution >= 0.6 is 0 Å². The Labute approximate surface area is 197 Å². The number of pyridine rings is 2. The zero-order valence-electron chi connectivity index (χ0n) is 18.6. The summed E-state index contributed by atoms with van der Waals surface area (Å²) >= 11 is 0. The van der Waals surface area contributed by atoms with Gasteiger partial charge in [-0.05, 0) is 60.4 Å². The number of amides is 1. The molecule has 2 heterocycles. The lowest BCUT2D eigenvalue weighted by Crippen LogP contribution is -2.31. The molecule has 1 N–H and O–H groups in total. The molecule has 5 rings (SSSR count). The molecule has 0 spiro atoms. The van der Waals surface area contributed by atoms with Crippen molar-refractivity contribution in [2.24, 2.45) is 0 Å². The zero-order chi connectivity index (χ0) is 23.9. The van der Waals surface area contributed by atoms with Gasteiger partial charge in [-0.2, -0.15) is 0 Å². The lowest BCUT2D eigenvalue weighted by atomic mass is 10.0. The first kappa shape index (κ1) is 22.0. The summed E-state index contributed by atoms with van der Waals surface area (Å²) in [7, 11) is -3.27. The molecule has 0 atom stereocenters. The van der Waals surface area contributed by atoms with Gasteiger partial charge in [0.1, 0.15) is 11.2 Å². The fraction of sp³-hybridized carbons (Fsp3) is 0.192. The minimum atomic E-state index is -3.27.